The number of fused-ring (bicyclic) bond motifs is 1. The van der Waals surface area contributed by atoms with Crippen molar-refractivity contribution in [3.8, 4) is 0 Å². The van der Waals surface area contributed by atoms with Crippen LogP contribution in [0.3, 0.4) is 0 Å². The Bertz CT molecular complexity index is 1290. The molecule has 40 heavy (non-hydrogen) atoms. The topological polar surface area (TPSA) is 137 Å². The molecule has 0 aliphatic heterocycles. The number of ketones is 1. The van der Waals surface area contributed by atoms with Gasteiger partial charge < -0.3 is 27.0 Å². The molecule has 0 aliphatic rings. The summed E-state index contributed by atoms with van der Waals surface area (Å²) in [7, 11) is 2.04. The lowest BCUT2D eigenvalue weighted by Crippen LogP contribution is -2.52. The van der Waals surface area contributed by atoms with E-state index in [1.165, 1.54) is 0 Å². The Balaban J connectivity index is 1.73. The van der Waals surface area contributed by atoms with Gasteiger partial charge >= 0.3 is 0 Å². The van der Waals surface area contributed by atoms with Gasteiger partial charge in [-0.25, -0.2) is 13.2 Å². The number of para-hydroxylation sites is 1. The lowest BCUT2D eigenvalue weighted by atomic mass is 9.97. The zero-order valence-electron chi connectivity index (χ0n) is 22.7. The molecule has 1 heterocycles. The highest BCUT2D eigenvalue weighted by Crippen LogP contribution is 2.18. The number of amides is 1. The number of nitrogens with one attached hydrogen (secondary N) is 1. The van der Waals surface area contributed by atoms with E-state index in [0.29, 0.717) is 36.0 Å². The monoisotopic (exact) mass is 559 g/mol. The third-order valence-electron chi connectivity index (χ3n) is 7.10. The van der Waals surface area contributed by atoms with E-state index < -0.39 is 41.2 Å². The highest BCUT2D eigenvalue weighted by Gasteiger charge is 2.26. The van der Waals surface area contributed by atoms with Gasteiger partial charge in [-0.1, -0.05) is 18.2 Å². The molecule has 0 aliphatic carbocycles. The van der Waals surface area contributed by atoms with E-state index in [2.05, 4.69) is 10.3 Å². The van der Waals surface area contributed by atoms with Gasteiger partial charge in [0, 0.05) is 31.1 Å². The molecule has 8 nitrogen and oxygen atoms in total. The summed E-state index contributed by atoms with van der Waals surface area (Å²) in [6.45, 7) is 3.21. The number of pyridine rings is 1. The van der Waals surface area contributed by atoms with Gasteiger partial charge in [0.15, 0.2) is 23.2 Å². The molecular formula is C29H38F3N6O2+. The number of halogens is 3. The Morgan fingerprint density at radius 2 is 1.62 bits per heavy atom. The highest BCUT2D eigenvalue weighted by molar-refractivity contribution is 5.92. The van der Waals surface area contributed by atoms with Gasteiger partial charge in [0.25, 0.3) is 0 Å². The summed E-state index contributed by atoms with van der Waals surface area (Å²) in [6.07, 6.45) is 2.22. The minimum Gasteiger partial charge on any atom is -0.345 e. The van der Waals surface area contributed by atoms with Crippen LogP contribution in [-0.4, -0.2) is 73.0 Å². The predicted octanol–water partition coefficient (Wildman–Crippen LogP) is 1.96. The lowest BCUT2D eigenvalue weighted by Gasteiger charge is -2.34. The molecule has 7 N–H and O–H groups in total. The van der Waals surface area contributed by atoms with Gasteiger partial charge in [0.2, 0.25) is 5.91 Å². The van der Waals surface area contributed by atoms with Crippen molar-refractivity contribution in [2.75, 3.05) is 39.8 Å². The van der Waals surface area contributed by atoms with E-state index >= 15 is 0 Å². The first-order chi connectivity index (χ1) is 19.0. The van der Waals surface area contributed by atoms with Crippen LogP contribution < -0.4 is 22.5 Å². The van der Waals surface area contributed by atoms with Crippen LogP contribution in [0.4, 0.5) is 13.2 Å². The van der Waals surface area contributed by atoms with E-state index in [0.717, 1.165) is 42.7 Å². The number of rotatable bonds is 15. The molecule has 0 spiro atoms. The largest absolute Gasteiger partial charge is 0.345 e. The van der Waals surface area contributed by atoms with Gasteiger partial charge in [-0.3, -0.25) is 14.6 Å². The molecule has 0 saturated heterocycles. The molecule has 3 aromatic rings. The first kappa shape index (κ1) is 31.2. The van der Waals surface area contributed by atoms with Crippen molar-refractivity contribution < 1.29 is 27.2 Å². The number of Topliss-reactive ketones (excluding diaryl/α,β-unsaturated/α-hetero) is 1. The summed E-state index contributed by atoms with van der Waals surface area (Å²) in [5.41, 5.74) is 19.0. The predicted molar refractivity (Wildman–Crippen MR) is 149 cm³/mol. The average Bonchev–Trinajstić information content (AvgIpc) is 2.91. The Morgan fingerprint density at radius 1 is 0.975 bits per heavy atom. The van der Waals surface area contributed by atoms with Crippen molar-refractivity contribution in [1.29, 1.82) is 0 Å². The van der Waals surface area contributed by atoms with Crippen molar-refractivity contribution in [3.05, 3.63) is 77.2 Å². The summed E-state index contributed by atoms with van der Waals surface area (Å²) in [6, 6.07) is 8.80. The number of carbonyl (C=O) groups is 2. The second kappa shape index (κ2) is 14.3. The molecule has 0 saturated carbocycles. The fourth-order valence-electron chi connectivity index (χ4n) is 4.81. The van der Waals surface area contributed by atoms with Crippen LogP contribution in [0.1, 0.15) is 24.0 Å². The first-order valence-corrected chi connectivity index (χ1v) is 13.3. The summed E-state index contributed by atoms with van der Waals surface area (Å²) >= 11 is 0. The molecule has 216 valence electrons. The number of nitrogens with two attached hydrogens (primary N) is 3. The van der Waals surface area contributed by atoms with Crippen LogP contribution in [0.25, 0.3) is 10.9 Å². The number of aromatic nitrogens is 1. The Kier molecular flexibility index (Phi) is 11.1. The van der Waals surface area contributed by atoms with E-state index in [1.54, 1.807) is 6.20 Å². The first-order valence-electron chi connectivity index (χ1n) is 13.3. The van der Waals surface area contributed by atoms with E-state index in [9.17, 15) is 22.8 Å². The van der Waals surface area contributed by atoms with Gasteiger partial charge in [0.1, 0.15) is 0 Å². The Hall–Kier alpha value is -3.38. The minimum atomic E-state index is -1.60. The van der Waals surface area contributed by atoms with E-state index in [-0.39, 0.29) is 18.4 Å². The minimum absolute atomic E-state index is 0.0249. The number of hydrogen-bond acceptors (Lipinski definition) is 6. The summed E-state index contributed by atoms with van der Waals surface area (Å²) in [4.78, 5) is 30.7. The molecule has 1 amide bonds. The van der Waals surface area contributed by atoms with Crippen LogP contribution in [0.15, 0.2) is 48.7 Å². The van der Waals surface area contributed by atoms with Crippen molar-refractivity contribution in [3.63, 3.8) is 0 Å². The fraction of sp³-hybridized carbons (Fsp3) is 0.414. The zero-order valence-corrected chi connectivity index (χ0v) is 22.7. The standard InChI is InChI=1S/C29H37F3N6O2/c1-38(11-8-33,12-9-34)10-4-6-24(35)29(40)37-26(16-19-14-22(30)28(32)23(31)15-19)27(39)17-20-13-21-5-2-3-7-25(21)36-18-20/h2-3,5,7,13-15,18,24,26H,4,6,8-12,16-17,33-35H2,1H3/p+1/t24-,26-/m0/s1. The van der Waals surface area contributed by atoms with E-state index in [1.807, 2.05) is 37.4 Å². The van der Waals surface area contributed by atoms with Gasteiger partial charge in [-0.15, -0.1) is 0 Å². The van der Waals surface area contributed by atoms with Gasteiger partial charge in [-0.2, -0.15) is 0 Å². The SMILES string of the molecule is C[N+](CCN)(CCN)CCC[C@H](N)C(=O)N[C@@H](Cc1cc(F)c(F)c(F)c1)C(=O)Cc1cnc2ccccc2c1. The van der Waals surface area contributed by atoms with Crippen LogP contribution in [0.5, 0.6) is 0 Å². The molecule has 2 aromatic carbocycles. The van der Waals surface area contributed by atoms with Crippen LogP contribution in [-0.2, 0) is 22.4 Å². The third-order valence-corrected chi connectivity index (χ3v) is 7.10. The van der Waals surface area contributed by atoms with Crippen molar-refractivity contribution >= 4 is 22.6 Å². The number of carbonyl (C=O) groups excluding carboxylic acids is 2. The molecular weight excluding hydrogens is 521 g/mol. The number of quaternary nitrogens is 1. The third kappa shape index (κ3) is 8.56. The highest BCUT2D eigenvalue weighted by atomic mass is 19.2. The number of hydrogen-bond donors (Lipinski definition) is 4. The van der Waals surface area contributed by atoms with Crippen molar-refractivity contribution in [2.45, 2.75) is 37.8 Å². The summed E-state index contributed by atoms with van der Waals surface area (Å²) in [5.74, 6) is -5.32. The van der Waals surface area contributed by atoms with E-state index in [4.69, 9.17) is 17.2 Å². The molecule has 0 radical (unpaired) electrons. The zero-order chi connectivity index (χ0) is 29.3. The van der Waals surface area contributed by atoms with Gasteiger partial charge in [-0.05, 0) is 54.7 Å². The van der Waals surface area contributed by atoms with Crippen LogP contribution in [0, 0.1) is 17.5 Å². The molecule has 1 aromatic heterocycles. The maximum Gasteiger partial charge on any atom is 0.237 e. The fourth-order valence-corrected chi connectivity index (χ4v) is 4.81. The molecule has 0 unspecified atom stereocenters. The Labute approximate surface area is 232 Å². The van der Waals surface area contributed by atoms with Crippen molar-refractivity contribution in [1.82, 2.24) is 10.3 Å². The maximum absolute atomic E-state index is 13.9. The molecule has 0 bridgehead atoms. The smallest absolute Gasteiger partial charge is 0.237 e. The van der Waals surface area contributed by atoms with Crippen molar-refractivity contribution in [2.24, 2.45) is 17.2 Å². The number of nitrogens with zero attached hydrogens (tertiary/aromatic N) is 2. The summed E-state index contributed by atoms with van der Waals surface area (Å²) < 4.78 is 41.9. The molecule has 3 rings (SSSR count). The normalized spacial score (nSPS) is 13.3. The molecule has 2 atom stereocenters. The average molecular weight is 560 g/mol. The maximum atomic E-state index is 13.9. The molecule has 11 heteroatoms. The second-order valence-electron chi connectivity index (χ2n) is 10.4. The molecule has 0 fully saturated rings. The lowest BCUT2D eigenvalue weighted by molar-refractivity contribution is -0.907. The van der Waals surface area contributed by atoms with Gasteiger partial charge in [0.05, 0.1) is 44.3 Å². The number of benzene rings is 2. The van der Waals surface area contributed by atoms with Crippen LogP contribution >= 0.6 is 0 Å². The quantitative estimate of drug-likeness (QED) is 0.166. The second-order valence-corrected chi connectivity index (χ2v) is 10.4. The number of likely N-dealkylation sites (N-methyl/N-ethyl adjacent to an activating group) is 1. The van der Waals surface area contributed by atoms with Crippen LogP contribution in [0.2, 0.25) is 0 Å². The Morgan fingerprint density at radius 3 is 2.27 bits per heavy atom. The summed E-state index contributed by atoms with van der Waals surface area (Å²) in [5, 5.41) is 3.50.